The molecule has 0 atom stereocenters. The fraction of sp³-hybridized carbons (Fsp3) is 0.0833. The Morgan fingerprint density at radius 2 is 0.635 bits per heavy atom. The zero-order valence-corrected chi connectivity index (χ0v) is 28.9. The average Bonchev–Trinajstić information content (AvgIpc) is 3.20. The highest BCUT2D eigenvalue weighted by Gasteiger charge is 2.20. The van der Waals surface area contributed by atoms with Gasteiger partial charge in [0.15, 0.2) is 13.6 Å². The summed E-state index contributed by atoms with van der Waals surface area (Å²) in [5.41, 5.74) is 7.61. The third-order valence-electron chi connectivity index (χ3n) is 7.59. The van der Waals surface area contributed by atoms with Gasteiger partial charge in [0.2, 0.25) is 0 Å². The van der Waals surface area contributed by atoms with Crippen LogP contribution in [0.5, 0.6) is 11.5 Å². The van der Waals surface area contributed by atoms with Crippen LogP contribution >= 0.6 is 0 Å². The molecule has 0 amide bonds. The van der Waals surface area contributed by atoms with Crippen molar-refractivity contribution in [1.29, 1.82) is 0 Å². The first-order valence-electron chi connectivity index (χ1n) is 16.6. The zero-order chi connectivity index (χ0) is 35.8. The van der Waals surface area contributed by atoms with E-state index in [4.69, 9.17) is 18.9 Å². The monoisotopic (exact) mass is 674 g/mol. The topological polar surface area (TPSA) is 36.9 Å². The smallest absolute Gasteiger partial charge is 0.188 e. The van der Waals surface area contributed by atoms with E-state index in [1.54, 1.807) is 14.2 Å². The second-order valence-electron chi connectivity index (χ2n) is 11.4. The Kier molecular flexibility index (Phi) is 12.2. The van der Waals surface area contributed by atoms with Crippen LogP contribution in [0.4, 0.5) is 0 Å². The molecule has 0 saturated heterocycles. The lowest BCUT2D eigenvalue weighted by molar-refractivity contribution is 0.0498. The van der Waals surface area contributed by atoms with Gasteiger partial charge in [-0.15, -0.1) is 0 Å². The Labute approximate surface area is 306 Å². The molecule has 0 aromatic heterocycles. The van der Waals surface area contributed by atoms with Gasteiger partial charge in [-0.3, -0.25) is 0 Å². The van der Waals surface area contributed by atoms with E-state index in [1.807, 2.05) is 146 Å². The number of ether oxygens (including phenoxy) is 4. The van der Waals surface area contributed by atoms with Crippen molar-refractivity contribution in [3.63, 3.8) is 0 Å². The van der Waals surface area contributed by atoms with Gasteiger partial charge in [-0.05, 0) is 72.8 Å². The molecule has 0 bridgehead atoms. The quantitative estimate of drug-likeness (QED) is 0.125. The Morgan fingerprint density at radius 1 is 0.346 bits per heavy atom. The van der Waals surface area contributed by atoms with Gasteiger partial charge in [-0.2, -0.15) is 0 Å². The minimum absolute atomic E-state index is 0.00943. The van der Waals surface area contributed by atoms with Gasteiger partial charge >= 0.3 is 0 Å². The number of hydrogen-bond donors (Lipinski definition) is 0. The van der Waals surface area contributed by atoms with Crippen molar-refractivity contribution in [2.24, 2.45) is 0 Å². The first kappa shape index (κ1) is 34.9. The van der Waals surface area contributed by atoms with Gasteiger partial charge in [-0.25, -0.2) is 0 Å². The lowest BCUT2D eigenvalue weighted by Gasteiger charge is -2.19. The summed E-state index contributed by atoms with van der Waals surface area (Å²) in [7, 11) is 3.16. The number of methoxy groups -OCH3 is 2. The summed E-state index contributed by atoms with van der Waals surface area (Å²) in [4.78, 5) is 0. The van der Waals surface area contributed by atoms with E-state index < -0.39 is 0 Å². The first-order chi connectivity index (χ1) is 25.7. The van der Waals surface area contributed by atoms with Crippen LogP contribution in [0.25, 0.3) is 11.1 Å². The van der Waals surface area contributed by atoms with Gasteiger partial charge in [0.05, 0.1) is 11.1 Å². The number of hydrogen-bond acceptors (Lipinski definition) is 4. The van der Waals surface area contributed by atoms with Crippen LogP contribution in [0.2, 0.25) is 0 Å². The second kappa shape index (κ2) is 18.2. The van der Waals surface area contributed by atoms with Crippen LogP contribution < -0.4 is 9.47 Å². The van der Waals surface area contributed by atoms with Crippen molar-refractivity contribution in [3.8, 4) is 70.0 Å². The molecule has 4 nitrogen and oxygen atoms in total. The molecule has 250 valence electrons. The van der Waals surface area contributed by atoms with Crippen molar-refractivity contribution in [3.05, 3.63) is 190 Å². The summed E-state index contributed by atoms with van der Waals surface area (Å²) >= 11 is 0. The van der Waals surface area contributed by atoms with Crippen LogP contribution in [-0.2, 0) is 9.47 Å². The van der Waals surface area contributed by atoms with Crippen LogP contribution in [0.1, 0.15) is 44.5 Å². The summed E-state index contributed by atoms with van der Waals surface area (Å²) in [6.45, 7) is -0.0189. The third-order valence-corrected chi connectivity index (χ3v) is 7.59. The van der Waals surface area contributed by atoms with E-state index in [2.05, 4.69) is 47.4 Å². The predicted molar refractivity (Wildman–Crippen MR) is 207 cm³/mol. The molecule has 0 heterocycles. The highest BCUT2D eigenvalue weighted by atomic mass is 16.7. The lowest BCUT2D eigenvalue weighted by Crippen LogP contribution is -2.06. The fourth-order valence-corrected chi connectivity index (χ4v) is 5.19. The molecule has 4 heteroatoms. The summed E-state index contributed by atoms with van der Waals surface area (Å²) in [5.74, 6) is 27.6. The van der Waals surface area contributed by atoms with E-state index in [9.17, 15) is 0 Å². The molecule has 0 aliphatic carbocycles. The van der Waals surface area contributed by atoms with Crippen molar-refractivity contribution in [2.45, 2.75) is 0 Å². The predicted octanol–water partition coefficient (Wildman–Crippen LogP) is 8.92. The molecule has 6 aromatic carbocycles. The van der Waals surface area contributed by atoms with Crippen LogP contribution in [-0.4, -0.2) is 27.8 Å². The number of benzene rings is 6. The van der Waals surface area contributed by atoms with Crippen LogP contribution in [0.15, 0.2) is 146 Å². The maximum atomic E-state index is 6.34. The maximum absolute atomic E-state index is 6.34. The van der Waals surface area contributed by atoms with Crippen LogP contribution in [0, 0.1) is 47.4 Å². The minimum atomic E-state index is -0.00943. The van der Waals surface area contributed by atoms with Gasteiger partial charge in [-0.1, -0.05) is 120 Å². The molecule has 0 spiro atoms. The Hall–Kier alpha value is -6.92. The van der Waals surface area contributed by atoms with Crippen molar-refractivity contribution in [2.75, 3.05) is 27.8 Å². The van der Waals surface area contributed by atoms with Crippen LogP contribution in [0.3, 0.4) is 0 Å². The Balaban J connectivity index is 1.64. The molecule has 0 saturated carbocycles. The minimum Gasteiger partial charge on any atom is -0.466 e. The molecule has 6 aromatic rings. The molecule has 52 heavy (non-hydrogen) atoms. The summed E-state index contributed by atoms with van der Waals surface area (Å²) in [6, 6.07) is 47.1. The van der Waals surface area contributed by atoms with Gasteiger partial charge < -0.3 is 18.9 Å². The van der Waals surface area contributed by atoms with Gasteiger partial charge in [0.25, 0.3) is 0 Å². The van der Waals surface area contributed by atoms with Crippen molar-refractivity contribution in [1.82, 2.24) is 0 Å². The van der Waals surface area contributed by atoms with Gasteiger partial charge in [0, 0.05) is 58.7 Å². The van der Waals surface area contributed by atoms with E-state index in [1.165, 1.54) is 0 Å². The van der Waals surface area contributed by atoms with E-state index in [-0.39, 0.29) is 13.6 Å². The molecule has 0 radical (unpaired) electrons. The fourth-order valence-electron chi connectivity index (χ4n) is 5.19. The summed E-state index contributed by atoms with van der Waals surface area (Å²) < 4.78 is 23.5. The molecule has 0 aliphatic rings. The normalized spacial score (nSPS) is 9.81. The van der Waals surface area contributed by atoms with E-state index in [0.29, 0.717) is 33.8 Å². The summed E-state index contributed by atoms with van der Waals surface area (Å²) in [5, 5.41) is 0. The lowest BCUT2D eigenvalue weighted by atomic mass is 9.93. The molecule has 0 unspecified atom stereocenters. The highest BCUT2D eigenvalue weighted by Crippen LogP contribution is 2.42. The highest BCUT2D eigenvalue weighted by molar-refractivity contribution is 5.83. The standard InChI is InChI=1S/C48H34O4/c1-49-35-51-47-43(29-27-39-19-11-5-12-20-39)31-41(25-23-37-15-7-3-8-16-37)33-45(47)46-34-42(26-24-38-17-9-4-10-18-38)32-44(48(46)52-36-50-2)30-28-40-21-13-6-14-22-40/h3-22,31-34H,35-36H2,1-2H3. The number of rotatable bonds is 7. The average molecular weight is 675 g/mol. The Morgan fingerprint density at radius 3 is 0.942 bits per heavy atom. The SMILES string of the molecule is COCOc1c(C#Cc2ccccc2)cc(C#Cc2ccccc2)cc1-c1cc(C#Cc2ccccc2)cc(C#Cc2ccccc2)c1OCOC. The molecule has 0 N–H and O–H groups in total. The second-order valence-corrected chi connectivity index (χ2v) is 11.4. The first-order valence-corrected chi connectivity index (χ1v) is 16.6. The van der Waals surface area contributed by atoms with E-state index >= 15 is 0 Å². The van der Waals surface area contributed by atoms with Gasteiger partial charge in [0.1, 0.15) is 11.5 Å². The molecular weight excluding hydrogens is 641 g/mol. The molecular formula is C48H34O4. The molecule has 0 aliphatic heterocycles. The largest absolute Gasteiger partial charge is 0.466 e. The Bertz CT molecular complexity index is 2200. The molecule has 0 fully saturated rings. The van der Waals surface area contributed by atoms with Crippen molar-refractivity contribution < 1.29 is 18.9 Å². The van der Waals surface area contributed by atoms with Crippen molar-refractivity contribution >= 4 is 0 Å². The van der Waals surface area contributed by atoms with E-state index in [0.717, 1.165) is 33.4 Å². The zero-order valence-electron chi connectivity index (χ0n) is 28.9. The third kappa shape index (κ3) is 9.61. The summed E-state index contributed by atoms with van der Waals surface area (Å²) in [6.07, 6.45) is 0. The molecule has 6 rings (SSSR count). The maximum Gasteiger partial charge on any atom is 0.188 e.